The number of alkyl halides is 3. The second kappa shape index (κ2) is 6.92. The van der Waals surface area contributed by atoms with Crippen LogP contribution in [0.4, 0.5) is 13.2 Å². The third kappa shape index (κ3) is 3.26. The van der Waals surface area contributed by atoms with Gasteiger partial charge in [0, 0.05) is 23.7 Å². The van der Waals surface area contributed by atoms with Crippen LogP contribution in [-0.4, -0.2) is 25.5 Å². The van der Waals surface area contributed by atoms with Crippen LogP contribution < -0.4 is 0 Å². The number of hydrogen-bond acceptors (Lipinski definition) is 6. The minimum absolute atomic E-state index is 0.482. The first-order valence-electron chi connectivity index (χ1n) is 7.96. The summed E-state index contributed by atoms with van der Waals surface area (Å²) in [5, 5.41) is 11.2. The van der Waals surface area contributed by atoms with Crippen LogP contribution in [0.15, 0.2) is 34.9 Å². The molecule has 0 aromatic carbocycles. The molecule has 0 N–H and O–H groups in total. The Labute approximate surface area is 165 Å². The predicted molar refractivity (Wildman–Crippen MR) is 104 cm³/mol. The van der Waals surface area contributed by atoms with E-state index in [1.54, 1.807) is 11.8 Å². The molecule has 140 valence electrons. The molecule has 27 heavy (non-hydrogen) atoms. The van der Waals surface area contributed by atoms with Crippen molar-refractivity contribution in [1.82, 2.24) is 19.7 Å². The molecule has 0 saturated heterocycles. The quantitative estimate of drug-likeness (QED) is 0.378. The van der Waals surface area contributed by atoms with E-state index in [1.807, 2.05) is 36.1 Å². The van der Waals surface area contributed by atoms with E-state index in [9.17, 15) is 13.2 Å². The lowest BCUT2D eigenvalue weighted by atomic mass is 10.1. The molecular weight excluding hydrogens is 413 g/mol. The standard InChI is InChI=1S/C17H13F3N4S3/c1-3-25-16-23-22-15(24(16)2)14-12(10-5-4-6-26-10)13-11(27-14)7-9(8-21-13)17(18,19)20/h4-8H,3H2,1-2H3. The first kappa shape index (κ1) is 18.5. The van der Waals surface area contributed by atoms with Crippen molar-refractivity contribution in [3.8, 4) is 21.1 Å². The van der Waals surface area contributed by atoms with E-state index < -0.39 is 11.7 Å². The summed E-state index contributed by atoms with van der Waals surface area (Å²) in [7, 11) is 1.87. The summed E-state index contributed by atoms with van der Waals surface area (Å²) in [5.41, 5.74) is 0.612. The zero-order valence-corrected chi connectivity index (χ0v) is 16.7. The number of thioether (sulfide) groups is 1. The average Bonchev–Trinajstić information content (AvgIpc) is 3.32. The zero-order chi connectivity index (χ0) is 19.2. The van der Waals surface area contributed by atoms with E-state index in [4.69, 9.17) is 0 Å². The summed E-state index contributed by atoms with van der Waals surface area (Å²) in [6, 6.07) is 5.01. The van der Waals surface area contributed by atoms with Crippen molar-refractivity contribution < 1.29 is 13.2 Å². The number of nitrogens with zero attached hydrogens (tertiary/aromatic N) is 4. The molecule has 0 fully saturated rings. The average molecular weight is 427 g/mol. The highest BCUT2D eigenvalue weighted by atomic mass is 32.2. The number of thiophene rings is 2. The molecule has 0 bridgehead atoms. The minimum Gasteiger partial charge on any atom is -0.304 e. The maximum Gasteiger partial charge on any atom is 0.417 e. The van der Waals surface area contributed by atoms with E-state index in [-0.39, 0.29) is 0 Å². The van der Waals surface area contributed by atoms with Crippen molar-refractivity contribution in [3.63, 3.8) is 0 Å². The number of aromatic nitrogens is 4. The SMILES string of the molecule is CCSc1nnc(-c2sc3cc(C(F)(F)F)cnc3c2-c2cccs2)n1C. The van der Waals surface area contributed by atoms with Gasteiger partial charge in [-0.05, 0) is 23.3 Å². The molecule has 4 nitrogen and oxygen atoms in total. The Balaban J connectivity index is 1.98. The van der Waals surface area contributed by atoms with Crippen LogP contribution in [0.25, 0.3) is 31.4 Å². The monoisotopic (exact) mass is 426 g/mol. The Kier molecular flexibility index (Phi) is 4.73. The Bertz CT molecular complexity index is 1100. The van der Waals surface area contributed by atoms with Gasteiger partial charge in [0.15, 0.2) is 11.0 Å². The predicted octanol–water partition coefficient (Wildman–Crippen LogP) is 5.95. The van der Waals surface area contributed by atoms with Crippen molar-refractivity contribution in [2.24, 2.45) is 7.05 Å². The molecule has 4 rings (SSSR count). The van der Waals surface area contributed by atoms with Gasteiger partial charge in [-0.3, -0.25) is 4.98 Å². The molecule has 4 heterocycles. The maximum atomic E-state index is 13.1. The van der Waals surface area contributed by atoms with Crippen molar-refractivity contribution in [2.75, 3.05) is 5.75 Å². The number of rotatable bonds is 4. The molecule has 10 heteroatoms. The molecule has 0 aliphatic heterocycles. The Morgan fingerprint density at radius 3 is 2.74 bits per heavy atom. The molecule has 0 saturated carbocycles. The highest BCUT2D eigenvalue weighted by Crippen LogP contribution is 2.46. The summed E-state index contributed by atoms with van der Waals surface area (Å²) in [6.07, 6.45) is -3.53. The number of pyridine rings is 1. The lowest BCUT2D eigenvalue weighted by Gasteiger charge is -2.05. The van der Waals surface area contributed by atoms with Gasteiger partial charge in [-0.1, -0.05) is 24.8 Å². The number of hydrogen-bond donors (Lipinski definition) is 0. The molecule has 0 aliphatic rings. The van der Waals surface area contributed by atoms with Crippen LogP contribution in [0.2, 0.25) is 0 Å². The Morgan fingerprint density at radius 1 is 1.26 bits per heavy atom. The third-order valence-electron chi connectivity index (χ3n) is 3.93. The second-order valence-corrected chi connectivity index (χ2v) is 8.88. The second-order valence-electron chi connectivity index (χ2n) is 5.65. The van der Waals surface area contributed by atoms with Gasteiger partial charge in [0.1, 0.15) is 0 Å². The molecule has 4 aromatic rings. The Morgan fingerprint density at radius 2 is 2.07 bits per heavy atom. The van der Waals surface area contributed by atoms with Crippen LogP contribution in [0.1, 0.15) is 12.5 Å². The fraction of sp³-hybridized carbons (Fsp3) is 0.235. The van der Waals surface area contributed by atoms with E-state index in [0.29, 0.717) is 16.0 Å². The minimum atomic E-state index is -4.43. The lowest BCUT2D eigenvalue weighted by molar-refractivity contribution is -0.137. The summed E-state index contributed by atoms with van der Waals surface area (Å²) >= 11 is 4.35. The highest BCUT2D eigenvalue weighted by Gasteiger charge is 2.32. The van der Waals surface area contributed by atoms with Crippen molar-refractivity contribution >= 4 is 44.7 Å². The highest BCUT2D eigenvalue weighted by molar-refractivity contribution is 7.99. The van der Waals surface area contributed by atoms with Crippen molar-refractivity contribution in [1.29, 1.82) is 0 Å². The first-order chi connectivity index (χ1) is 12.9. The van der Waals surface area contributed by atoms with Gasteiger partial charge in [0.25, 0.3) is 0 Å². The summed E-state index contributed by atoms with van der Waals surface area (Å²) in [4.78, 5) is 5.87. The van der Waals surface area contributed by atoms with Crippen LogP contribution in [0.3, 0.4) is 0 Å². The normalized spacial score (nSPS) is 12.2. The topological polar surface area (TPSA) is 43.6 Å². The first-order valence-corrected chi connectivity index (χ1v) is 10.6. The van der Waals surface area contributed by atoms with Gasteiger partial charge in [-0.25, -0.2) is 0 Å². The lowest BCUT2D eigenvalue weighted by Crippen LogP contribution is -2.04. The van der Waals surface area contributed by atoms with E-state index in [2.05, 4.69) is 15.2 Å². The van der Waals surface area contributed by atoms with Gasteiger partial charge < -0.3 is 4.57 Å². The fourth-order valence-electron chi connectivity index (χ4n) is 2.71. The molecule has 0 spiro atoms. The summed E-state index contributed by atoms with van der Waals surface area (Å²) < 4.78 is 41.7. The molecule has 0 amide bonds. The maximum absolute atomic E-state index is 13.1. The van der Waals surface area contributed by atoms with Gasteiger partial charge in [-0.15, -0.1) is 32.9 Å². The van der Waals surface area contributed by atoms with Gasteiger partial charge in [0.2, 0.25) is 0 Å². The van der Waals surface area contributed by atoms with E-state index in [1.165, 1.54) is 22.7 Å². The number of halogens is 3. The molecule has 0 aliphatic carbocycles. The van der Waals surface area contributed by atoms with Gasteiger partial charge in [-0.2, -0.15) is 13.2 Å². The van der Waals surface area contributed by atoms with Gasteiger partial charge in [0.05, 0.1) is 20.7 Å². The van der Waals surface area contributed by atoms with Crippen LogP contribution in [0.5, 0.6) is 0 Å². The largest absolute Gasteiger partial charge is 0.417 e. The third-order valence-corrected chi connectivity index (χ3v) is 6.85. The van der Waals surface area contributed by atoms with E-state index >= 15 is 0 Å². The van der Waals surface area contributed by atoms with Crippen molar-refractivity contribution in [2.45, 2.75) is 18.3 Å². The Hall–Kier alpha value is -1.91. The zero-order valence-electron chi connectivity index (χ0n) is 14.2. The smallest absolute Gasteiger partial charge is 0.304 e. The fourth-order valence-corrected chi connectivity index (χ4v) is 5.42. The molecule has 0 unspecified atom stereocenters. The summed E-state index contributed by atoms with van der Waals surface area (Å²) in [6.45, 7) is 2.03. The van der Waals surface area contributed by atoms with Crippen LogP contribution in [0, 0.1) is 0 Å². The number of fused-ring (bicyclic) bond motifs is 1. The van der Waals surface area contributed by atoms with Crippen LogP contribution in [-0.2, 0) is 13.2 Å². The summed E-state index contributed by atoms with van der Waals surface area (Å²) in [5.74, 6) is 1.48. The molecule has 0 radical (unpaired) electrons. The van der Waals surface area contributed by atoms with Crippen LogP contribution >= 0.6 is 34.4 Å². The van der Waals surface area contributed by atoms with Crippen molar-refractivity contribution in [3.05, 3.63) is 35.3 Å². The molecule has 0 atom stereocenters. The van der Waals surface area contributed by atoms with E-state index in [0.717, 1.165) is 38.5 Å². The molecule has 4 aromatic heterocycles. The molecular formula is C17H13F3N4S3. The van der Waals surface area contributed by atoms with Gasteiger partial charge >= 0.3 is 6.18 Å².